The fourth-order valence-electron chi connectivity index (χ4n) is 8.33. The van der Waals surface area contributed by atoms with Gasteiger partial charge >= 0.3 is 5.97 Å². The number of rotatable bonds is 5. The van der Waals surface area contributed by atoms with E-state index in [4.69, 9.17) is 9.47 Å². The summed E-state index contributed by atoms with van der Waals surface area (Å²) in [5.74, 6) is 0.966. The Labute approximate surface area is 223 Å². The molecule has 3 aliphatic carbocycles. The van der Waals surface area contributed by atoms with Crippen LogP contribution in [-0.2, 0) is 26.2 Å². The average Bonchev–Trinajstić information content (AvgIpc) is 3.65. The Morgan fingerprint density at radius 3 is 2.68 bits per heavy atom. The number of aromatic hydroxyl groups is 1. The van der Waals surface area contributed by atoms with Gasteiger partial charge in [-0.25, -0.2) is 0 Å². The van der Waals surface area contributed by atoms with E-state index in [9.17, 15) is 19.8 Å². The Morgan fingerprint density at radius 1 is 1.16 bits per heavy atom. The normalized spacial score (nSPS) is 35.1. The topological polar surface area (TPSA) is 99.5 Å². The van der Waals surface area contributed by atoms with E-state index in [0.29, 0.717) is 51.1 Å². The van der Waals surface area contributed by atoms with E-state index in [2.05, 4.69) is 4.90 Å². The molecule has 1 spiro atoms. The van der Waals surface area contributed by atoms with Gasteiger partial charge in [-0.05, 0) is 88.0 Å². The largest absolute Gasteiger partial charge is 0.504 e. The lowest BCUT2D eigenvalue weighted by Crippen LogP contribution is -2.75. The minimum atomic E-state index is -0.963. The molecule has 7 rings (SSSR count). The van der Waals surface area contributed by atoms with Gasteiger partial charge in [-0.3, -0.25) is 14.5 Å². The van der Waals surface area contributed by atoms with Gasteiger partial charge in [0.05, 0.1) is 23.5 Å². The first-order valence-electron chi connectivity index (χ1n) is 14.5. The number of hydrogen-bond donors (Lipinski definition) is 2. The van der Waals surface area contributed by atoms with Crippen LogP contribution in [0.2, 0.25) is 0 Å². The quantitative estimate of drug-likeness (QED) is 0.453. The van der Waals surface area contributed by atoms with Gasteiger partial charge in [0.2, 0.25) is 5.91 Å². The highest BCUT2D eigenvalue weighted by Crippen LogP contribution is 2.66. The molecule has 204 valence electrons. The number of phenolic OH excluding ortho intramolecular Hbond substituents is 1. The second-order valence-electron chi connectivity index (χ2n) is 12.3. The van der Waals surface area contributed by atoms with Gasteiger partial charge in [0.25, 0.3) is 0 Å². The van der Waals surface area contributed by atoms with Crippen LogP contribution in [0.15, 0.2) is 23.8 Å². The molecule has 1 amide bonds. The van der Waals surface area contributed by atoms with E-state index in [0.717, 1.165) is 48.5 Å². The number of carbonyl (C=O) groups excluding carboxylic acids is 2. The number of aliphatic hydroxyl groups is 1. The van der Waals surface area contributed by atoms with E-state index in [1.165, 1.54) is 12.8 Å². The lowest BCUT2D eigenvalue weighted by Gasteiger charge is -2.63. The molecule has 4 atom stereocenters. The van der Waals surface area contributed by atoms with Gasteiger partial charge < -0.3 is 24.6 Å². The van der Waals surface area contributed by atoms with Crippen molar-refractivity contribution in [1.82, 2.24) is 9.80 Å². The van der Waals surface area contributed by atoms with Crippen molar-refractivity contribution < 1.29 is 29.3 Å². The number of amides is 1. The summed E-state index contributed by atoms with van der Waals surface area (Å²) >= 11 is 0. The van der Waals surface area contributed by atoms with Crippen molar-refractivity contribution >= 4 is 11.9 Å². The Hall–Kier alpha value is -2.58. The molecule has 3 heterocycles. The van der Waals surface area contributed by atoms with Gasteiger partial charge in [0.1, 0.15) is 6.10 Å². The van der Waals surface area contributed by atoms with Gasteiger partial charge in [0, 0.05) is 37.3 Å². The Kier molecular flexibility index (Phi) is 5.61. The Morgan fingerprint density at radius 2 is 1.95 bits per heavy atom. The van der Waals surface area contributed by atoms with Crippen molar-refractivity contribution in [3.63, 3.8) is 0 Å². The first-order chi connectivity index (χ1) is 18.4. The maximum Gasteiger partial charge on any atom is 0.309 e. The van der Waals surface area contributed by atoms with Crippen molar-refractivity contribution in [3.05, 3.63) is 34.9 Å². The predicted octanol–water partition coefficient (Wildman–Crippen LogP) is 2.68. The summed E-state index contributed by atoms with van der Waals surface area (Å²) in [7, 11) is 0. The number of benzene rings is 1. The Bertz CT molecular complexity index is 1200. The van der Waals surface area contributed by atoms with E-state index < -0.39 is 17.1 Å². The number of piperidine rings is 2. The summed E-state index contributed by atoms with van der Waals surface area (Å²) in [4.78, 5) is 29.9. The maximum atomic E-state index is 13.4. The number of likely N-dealkylation sites (tertiary alicyclic amines) is 2. The van der Waals surface area contributed by atoms with Gasteiger partial charge in [-0.2, -0.15) is 0 Å². The number of nitrogens with zero attached hydrogens (tertiary/aromatic N) is 2. The Balaban J connectivity index is 1.19. The van der Waals surface area contributed by atoms with Crippen molar-refractivity contribution in [2.75, 3.05) is 32.8 Å². The second-order valence-corrected chi connectivity index (χ2v) is 12.3. The zero-order valence-corrected chi connectivity index (χ0v) is 22.2. The third kappa shape index (κ3) is 3.41. The zero-order chi connectivity index (χ0) is 26.2. The molecule has 4 fully saturated rings. The molecule has 8 nitrogen and oxygen atoms in total. The molecule has 1 aromatic carbocycles. The summed E-state index contributed by atoms with van der Waals surface area (Å²) in [5, 5.41) is 23.4. The van der Waals surface area contributed by atoms with Crippen LogP contribution in [0.25, 0.3) is 0 Å². The number of hydrogen-bond acceptors (Lipinski definition) is 7. The van der Waals surface area contributed by atoms with Crippen LogP contribution in [0.1, 0.15) is 63.0 Å². The third-order valence-corrected chi connectivity index (χ3v) is 10.4. The number of esters is 1. The lowest BCUT2D eigenvalue weighted by atomic mass is 9.48. The van der Waals surface area contributed by atoms with Gasteiger partial charge in [0.15, 0.2) is 11.5 Å². The molecule has 6 aliphatic rings. The molecule has 8 heteroatoms. The smallest absolute Gasteiger partial charge is 0.309 e. The van der Waals surface area contributed by atoms with Crippen LogP contribution in [0.4, 0.5) is 0 Å². The minimum Gasteiger partial charge on any atom is -0.504 e. The van der Waals surface area contributed by atoms with Crippen molar-refractivity contribution in [1.29, 1.82) is 0 Å². The van der Waals surface area contributed by atoms with Crippen LogP contribution >= 0.6 is 0 Å². The number of carbonyl (C=O) groups is 2. The van der Waals surface area contributed by atoms with Gasteiger partial charge in [-0.15, -0.1) is 0 Å². The lowest BCUT2D eigenvalue weighted by molar-refractivity contribution is -0.174. The maximum absolute atomic E-state index is 13.4. The first kappa shape index (κ1) is 24.5. The summed E-state index contributed by atoms with van der Waals surface area (Å²) in [6.07, 6.45) is 7.72. The monoisotopic (exact) mass is 522 g/mol. The van der Waals surface area contributed by atoms with Crippen LogP contribution in [-0.4, -0.2) is 82.4 Å². The third-order valence-electron chi connectivity index (χ3n) is 10.4. The molecule has 38 heavy (non-hydrogen) atoms. The average molecular weight is 523 g/mol. The number of ether oxygens (including phenoxy) is 2. The standard InChI is InChI=1S/C30H38N2O6/c1-2-37-28(35)19-8-12-31(13-9-19)24(34)16-21-7-10-30(36)23-15-20-5-6-22(33)26-25(20)29(30,27(21)38-26)11-14-32(23)17-18-3-4-18/h5-6,16,18-19,23,27,33,36H,2-4,7-15,17H2,1H3/b21-16+/t23-,27+,29+,30-/m1/s1. The molecule has 0 radical (unpaired) electrons. The molecule has 2 bridgehead atoms. The summed E-state index contributed by atoms with van der Waals surface area (Å²) in [6.45, 7) is 5.16. The van der Waals surface area contributed by atoms with Crippen molar-refractivity contribution in [2.45, 2.75) is 81.5 Å². The highest BCUT2D eigenvalue weighted by Gasteiger charge is 2.72. The minimum absolute atomic E-state index is 0.0186. The highest BCUT2D eigenvalue weighted by atomic mass is 16.5. The predicted molar refractivity (Wildman–Crippen MR) is 139 cm³/mol. The van der Waals surface area contributed by atoms with Crippen LogP contribution in [0.3, 0.4) is 0 Å². The molecule has 2 saturated heterocycles. The molecular weight excluding hydrogens is 484 g/mol. The molecule has 0 aromatic heterocycles. The fraction of sp³-hybridized carbons (Fsp3) is 0.667. The van der Waals surface area contributed by atoms with E-state index in [1.54, 1.807) is 12.1 Å². The second kappa shape index (κ2) is 8.71. The van der Waals surface area contributed by atoms with Crippen LogP contribution < -0.4 is 4.74 Å². The SMILES string of the molecule is CCOC(=O)C1CCN(C(=O)/C=C2\CC[C@@]3(O)[C@H]4Cc5ccc(O)c6c5[C@@]3(CCN4CC3CC3)[C@H]2O6)CC1. The molecule has 3 aliphatic heterocycles. The van der Waals surface area contributed by atoms with E-state index in [1.807, 2.05) is 17.9 Å². The molecule has 0 unspecified atom stereocenters. The molecule has 2 saturated carbocycles. The zero-order valence-electron chi connectivity index (χ0n) is 22.2. The molecular formula is C30H38N2O6. The van der Waals surface area contributed by atoms with Gasteiger partial charge in [-0.1, -0.05) is 6.07 Å². The number of phenols is 1. The van der Waals surface area contributed by atoms with Crippen LogP contribution in [0, 0.1) is 11.8 Å². The summed E-state index contributed by atoms with van der Waals surface area (Å²) in [6, 6.07) is 3.74. The molecule has 1 aromatic rings. The summed E-state index contributed by atoms with van der Waals surface area (Å²) in [5.41, 5.74) is 1.42. The van der Waals surface area contributed by atoms with Crippen LogP contribution in [0.5, 0.6) is 11.5 Å². The summed E-state index contributed by atoms with van der Waals surface area (Å²) < 4.78 is 11.7. The highest BCUT2D eigenvalue weighted by molar-refractivity contribution is 5.89. The van der Waals surface area contributed by atoms with E-state index in [-0.39, 0.29) is 29.6 Å². The first-order valence-corrected chi connectivity index (χ1v) is 14.5. The molecule has 2 N–H and O–H groups in total. The van der Waals surface area contributed by atoms with Crippen molar-refractivity contribution in [2.24, 2.45) is 11.8 Å². The van der Waals surface area contributed by atoms with E-state index >= 15 is 0 Å². The van der Waals surface area contributed by atoms with Crippen molar-refractivity contribution in [3.8, 4) is 11.5 Å². The fourth-order valence-corrected chi connectivity index (χ4v) is 8.33.